The lowest BCUT2D eigenvalue weighted by molar-refractivity contribution is -0.132. The van der Waals surface area contributed by atoms with Crippen LogP contribution in [0.5, 0.6) is 11.5 Å². The number of para-hydroxylation sites is 1. The molecule has 2 aromatic carbocycles. The lowest BCUT2D eigenvalue weighted by Gasteiger charge is -2.33. The molecule has 0 saturated heterocycles. The normalized spacial score (nSPS) is 16.6. The van der Waals surface area contributed by atoms with E-state index in [2.05, 4.69) is 4.99 Å². The van der Waals surface area contributed by atoms with E-state index in [9.17, 15) is 4.79 Å². The number of carbonyl (C=O) groups is 1. The van der Waals surface area contributed by atoms with Crippen molar-refractivity contribution in [3.63, 3.8) is 0 Å². The van der Waals surface area contributed by atoms with E-state index < -0.39 is 0 Å². The fourth-order valence-electron chi connectivity index (χ4n) is 4.24. The molecule has 6 nitrogen and oxygen atoms in total. The van der Waals surface area contributed by atoms with Crippen molar-refractivity contribution < 1.29 is 9.53 Å². The molecular formula is C24H30N4O2. The Kier molecular flexibility index (Phi) is 6.21. The van der Waals surface area contributed by atoms with Crippen LogP contribution in [0, 0.1) is 0 Å². The Labute approximate surface area is 178 Å². The number of amides is 1. The molecular weight excluding hydrogens is 376 g/mol. The second-order valence-electron chi connectivity index (χ2n) is 8.14. The number of nitrogens with two attached hydrogens (primary N) is 1. The highest BCUT2D eigenvalue weighted by molar-refractivity contribution is 5.84. The van der Waals surface area contributed by atoms with Crippen molar-refractivity contribution in [2.24, 2.45) is 10.7 Å². The number of carbonyl (C=O) groups excluding carboxylic acids is 1. The van der Waals surface area contributed by atoms with Crippen molar-refractivity contribution in [1.29, 1.82) is 0 Å². The van der Waals surface area contributed by atoms with Crippen molar-refractivity contribution in [2.45, 2.75) is 51.1 Å². The molecule has 4 rings (SSSR count). The van der Waals surface area contributed by atoms with Crippen LogP contribution >= 0.6 is 0 Å². The van der Waals surface area contributed by atoms with E-state index in [0.29, 0.717) is 31.5 Å². The predicted molar refractivity (Wildman–Crippen MR) is 119 cm³/mol. The molecule has 1 aliphatic heterocycles. The van der Waals surface area contributed by atoms with Gasteiger partial charge in [-0.05, 0) is 43.2 Å². The van der Waals surface area contributed by atoms with Gasteiger partial charge in [-0.1, -0.05) is 37.5 Å². The van der Waals surface area contributed by atoms with Crippen LogP contribution in [0.25, 0.3) is 0 Å². The summed E-state index contributed by atoms with van der Waals surface area (Å²) in [5.74, 6) is 2.21. The van der Waals surface area contributed by atoms with Crippen molar-refractivity contribution in [3.05, 3.63) is 54.1 Å². The van der Waals surface area contributed by atoms with Gasteiger partial charge in [0.25, 0.3) is 0 Å². The topological polar surface area (TPSA) is 71.2 Å². The fraction of sp³-hybridized carbons (Fsp3) is 0.417. The number of aliphatic imine (C=N–C) groups is 1. The van der Waals surface area contributed by atoms with Crippen LogP contribution in [-0.2, 0) is 11.3 Å². The van der Waals surface area contributed by atoms with Crippen LogP contribution in [0.15, 0.2) is 53.5 Å². The number of hydrogen-bond donors (Lipinski definition) is 1. The summed E-state index contributed by atoms with van der Waals surface area (Å²) in [5, 5.41) is 0. The zero-order valence-corrected chi connectivity index (χ0v) is 17.6. The molecule has 1 aliphatic carbocycles. The van der Waals surface area contributed by atoms with Gasteiger partial charge in [0.15, 0.2) is 5.96 Å². The quantitative estimate of drug-likeness (QED) is 0.771. The van der Waals surface area contributed by atoms with Crippen LogP contribution in [0.3, 0.4) is 0 Å². The summed E-state index contributed by atoms with van der Waals surface area (Å²) >= 11 is 0. The molecule has 1 saturated carbocycles. The number of guanidine groups is 1. The van der Waals surface area contributed by atoms with E-state index in [1.54, 1.807) is 0 Å². The number of fused-ring (bicyclic) bond motifs is 1. The Balaban J connectivity index is 1.37. The molecule has 2 aliphatic rings. The third-order valence-electron chi connectivity index (χ3n) is 6.06. The highest BCUT2D eigenvalue weighted by Crippen LogP contribution is 2.31. The Morgan fingerprint density at radius 1 is 1.13 bits per heavy atom. The molecule has 0 unspecified atom stereocenters. The van der Waals surface area contributed by atoms with Gasteiger partial charge in [-0.25, -0.2) is 4.99 Å². The van der Waals surface area contributed by atoms with Crippen LogP contribution in [0.1, 0.15) is 44.1 Å². The van der Waals surface area contributed by atoms with E-state index >= 15 is 0 Å². The maximum atomic E-state index is 12.7. The second kappa shape index (κ2) is 9.20. The van der Waals surface area contributed by atoms with Gasteiger partial charge in [-0.15, -0.1) is 0 Å². The van der Waals surface area contributed by atoms with Crippen molar-refractivity contribution in [2.75, 3.05) is 13.6 Å². The molecule has 0 aromatic heterocycles. The first-order chi connectivity index (χ1) is 14.6. The highest BCUT2D eigenvalue weighted by atomic mass is 16.5. The van der Waals surface area contributed by atoms with Crippen LogP contribution < -0.4 is 10.5 Å². The zero-order chi connectivity index (χ0) is 20.9. The Morgan fingerprint density at radius 2 is 1.90 bits per heavy atom. The summed E-state index contributed by atoms with van der Waals surface area (Å²) in [7, 11) is 1.94. The van der Waals surface area contributed by atoms with Gasteiger partial charge < -0.3 is 20.3 Å². The lowest BCUT2D eigenvalue weighted by atomic mass is 9.94. The lowest BCUT2D eigenvalue weighted by Crippen LogP contribution is -2.43. The minimum Gasteiger partial charge on any atom is -0.457 e. The number of hydrogen-bond acceptors (Lipinski definition) is 5. The van der Waals surface area contributed by atoms with E-state index in [-0.39, 0.29) is 5.91 Å². The third kappa shape index (κ3) is 4.75. The molecule has 1 amide bonds. The van der Waals surface area contributed by atoms with Gasteiger partial charge in [-0.3, -0.25) is 4.79 Å². The average molecular weight is 407 g/mol. The maximum Gasteiger partial charge on any atom is 0.224 e. The van der Waals surface area contributed by atoms with E-state index in [0.717, 1.165) is 35.6 Å². The van der Waals surface area contributed by atoms with Crippen LogP contribution in [-0.4, -0.2) is 41.3 Å². The number of nitrogens with zero attached hydrogens (tertiary/aromatic N) is 3. The molecule has 0 spiro atoms. The number of ether oxygens (including phenoxy) is 1. The summed E-state index contributed by atoms with van der Waals surface area (Å²) in [5.41, 5.74) is 8.08. The summed E-state index contributed by atoms with van der Waals surface area (Å²) in [6.45, 7) is 1.19. The molecule has 0 bridgehead atoms. The van der Waals surface area contributed by atoms with Gasteiger partial charge in [0, 0.05) is 38.2 Å². The Morgan fingerprint density at radius 3 is 2.67 bits per heavy atom. The number of rotatable bonds is 6. The fourth-order valence-corrected chi connectivity index (χ4v) is 4.24. The van der Waals surface area contributed by atoms with Crippen LogP contribution in [0.4, 0.5) is 5.69 Å². The van der Waals surface area contributed by atoms with Crippen molar-refractivity contribution in [3.8, 4) is 11.5 Å². The summed E-state index contributed by atoms with van der Waals surface area (Å²) < 4.78 is 5.94. The molecule has 6 heteroatoms. The van der Waals surface area contributed by atoms with E-state index in [1.807, 2.05) is 65.4 Å². The van der Waals surface area contributed by atoms with Gasteiger partial charge in [-0.2, -0.15) is 0 Å². The largest absolute Gasteiger partial charge is 0.457 e. The van der Waals surface area contributed by atoms with Gasteiger partial charge in [0.05, 0.1) is 5.69 Å². The second-order valence-corrected chi connectivity index (χ2v) is 8.14. The first-order valence-corrected chi connectivity index (χ1v) is 10.8. The van der Waals surface area contributed by atoms with Crippen molar-refractivity contribution in [1.82, 2.24) is 9.80 Å². The smallest absolute Gasteiger partial charge is 0.224 e. The third-order valence-corrected chi connectivity index (χ3v) is 6.06. The molecule has 30 heavy (non-hydrogen) atoms. The predicted octanol–water partition coefficient (Wildman–Crippen LogP) is 4.42. The van der Waals surface area contributed by atoms with E-state index in [1.165, 1.54) is 19.3 Å². The summed E-state index contributed by atoms with van der Waals surface area (Å²) in [4.78, 5) is 21.1. The molecule has 2 N–H and O–H groups in total. The molecule has 1 fully saturated rings. The minimum absolute atomic E-state index is 0.182. The number of benzene rings is 2. The summed E-state index contributed by atoms with van der Waals surface area (Å²) in [6, 6.07) is 15.9. The van der Waals surface area contributed by atoms with Gasteiger partial charge in [0.1, 0.15) is 11.5 Å². The van der Waals surface area contributed by atoms with Crippen molar-refractivity contribution >= 4 is 17.6 Å². The maximum absolute atomic E-state index is 12.7. The average Bonchev–Trinajstić information content (AvgIpc) is 2.78. The first-order valence-electron chi connectivity index (χ1n) is 10.8. The standard InChI is InChI=1S/C24H30N4O2/c1-27(19-8-4-2-5-9-19)23(29)14-15-28-17-18-16-21(12-13-22(18)26-24(28)25)30-20-10-6-3-7-11-20/h3,6-7,10-13,16,19H,2,4-5,8-9,14-15,17H2,1H3,(H2,25,26). The van der Waals surface area contributed by atoms with Gasteiger partial charge >= 0.3 is 0 Å². The molecule has 0 radical (unpaired) electrons. The first kappa shape index (κ1) is 20.3. The Bertz CT molecular complexity index is 907. The van der Waals surface area contributed by atoms with E-state index in [4.69, 9.17) is 10.5 Å². The monoisotopic (exact) mass is 406 g/mol. The highest BCUT2D eigenvalue weighted by Gasteiger charge is 2.24. The van der Waals surface area contributed by atoms with Crippen LogP contribution in [0.2, 0.25) is 0 Å². The minimum atomic E-state index is 0.182. The Hall–Kier alpha value is -3.02. The molecule has 1 heterocycles. The SMILES string of the molecule is CN(C(=O)CCN1Cc2cc(Oc3ccccc3)ccc2N=C1N)C1CCCCC1. The molecule has 158 valence electrons. The molecule has 2 aromatic rings. The zero-order valence-electron chi connectivity index (χ0n) is 17.6. The molecule has 0 atom stereocenters. The van der Waals surface area contributed by atoms with Gasteiger partial charge in [0.2, 0.25) is 5.91 Å². The summed E-state index contributed by atoms with van der Waals surface area (Å²) in [6.07, 6.45) is 6.41.